The standard InChI is InChI=1S/C33H43N5O8/c39-28-27-16-25(46-32(44)37-14-12-21-8-6-7-9-22(21)18-37)19-38(27)29(40)26(35-31(43)34-24-13-15-45-20-24)11-5-3-1-2-4-10-23-17-33(23,36-28)30(41)42/h4,6-10,23-27H,1-3,5,11-20H2,(H,36,39)(H,41,42)(H2,34,35,43)/b10-4-/t23-,24?,25-,26?,27+,33-/m1/s1. The van der Waals surface area contributed by atoms with Crippen LogP contribution in [0.2, 0.25) is 0 Å². The Balaban J connectivity index is 1.20. The molecule has 13 heteroatoms. The highest BCUT2D eigenvalue weighted by Crippen LogP contribution is 2.45. The van der Waals surface area contributed by atoms with E-state index in [4.69, 9.17) is 9.47 Å². The van der Waals surface area contributed by atoms with Crippen molar-refractivity contribution < 1.29 is 38.6 Å². The maximum atomic E-state index is 14.2. The fourth-order valence-corrected chi connectivity index (χ4v) is 7.05. The number of ether oxygens (including phenoxy) is 2. The van der Waals surface area contributed by atoms with Crippen LogP contribution < -0.4 is 16.0 Å². The molecule has 4 aliphatic heterocycles. The molecule has 0 aromatic heterocycles. The van der Waals surface area contributed by atoms with Crippen LogP contribution >= 0.6 is 0 Å². The minimum atomic E-state index is -1.45. The molecule has 2 unspecified atom stereocenters. The van der Waals surface area contributed by atoms with E-state index < -0.39 is 53.6 Å². The van der Waals surface area contributed by atoms with Crippen molar-refractivity contribution in [1.29, 1.82) is 0 Å². The van der Waals surface area contributed by atoms with Gasteiger partial charge in [0.1, 0.15) is 23.7 Å². The lowest BCUT2D eigenvalue weighted by atomic mass is 10.0. The minimum absolute atomic E-state index is 0.0161. The van der Waals surface area contributed by atoms with E-state index in [2.05, 4.69) is 16.0 Å². The molecule has 1 aromatic rings. The van der Waals surface area contributed by atoms with E-state index in [1.807, 2.05) is 36.4 Å². The molecule has 4 heterocycles. The summed E-state index contributed by atoms with van der Waals surface area (Å²) < 4.78 is 11.2. The predicted octanol–water partition coefficient (Wildman–Crippen LogP) is 2.09. The number of urea groups is 1. The van der Waals surface area contributed by atoms with Crippen LogP contribution in [0.3, 0.4) is 0 Å². The fourth-order valence-electron chi connectivity index (χ4n) is 7.05. The average Bonchev–Trinajstić information content (AvgIpc) is 3.32. The van der Waals surface area contributed by atoms with Crippen molar-refractivity contribution in [2.75, 3.05) is 26.3 Å². The smallest absolute Gasteiger partial charge is 0.410 e. The quantitative estimate of drug-likeness (QED) is 0.364. The number of fused-ring (bicyclic) bond motifs is 3. The summed E-state index contributed by atoms with van der Waals surface area (Å²) in [4.78, 5) is 69.5. The van der Waals surface area contributed by atoms with Crippen LogP contribution in [0.1, 0.15) is 62.5 Å². The van der Waals surface area contributed by atoms with E-state index >= 15 is 0 Å². The number of carboxylic acids is 1. The summed E-state index contributed by atoms with van der Waals surface area (Å²) in [7, 11) is 0. The van der Waals surface area contributed by atoms with E-state index in [0.29, 0.717) is 52.0 Å². The van der Waals surface area contributed by atoms with Crippen LogP contribution in [-0.2, 0) is 36.8 Å². The Labute approximate surface area is 268 Å². The monoisotopic (exact) mass is 637 g/mol. The van der Waals surface area contributed by atoms with Gasteiger partial charge in [-0.15, -0.1) is 0 Å². The molecule has 46 heavy (non-hydrogen) atoms. The molecule has 6 atom stereocenters. The topological polar surface area (TPSA) is 167 Å². The third kappa shape index (κ3) is 6.98. The molecule has 1 saturated carbocycles. The summed E-state index contributed by atoms with van der Waals surface area (Å²) in [5.41, 5.74) is 0.784. The summed E-state index contributed by atoms with van der Waals surface area (Å²) in [6.07, 6.45) is 7.56. The normalized spacial score (nSPS) is 32.0. The Bertz CT molecular complexity index is 1380. The molecule has 0 spiro atoms. The van der Waals surface area contributed by atoms with E-state index in [1.165, 1.54) is 10.5 Å². The van der Waals surface area contributed by atoms with E-state index in [9.17, 15) is 29.1 Å². The van der Waals surface area contributed by atoms with Gasteiger partial charge in [0.15, 0.2) is 0 Å². The average molecular weight is 638 g/mol. The Kier molecular flexibility index (Phi) is 9.48. The number of hydrogen-bond acceptors (Lipinski definition) is 7. The summed E-state index contributed by atoms with van der Waals surface area (Å²) in [5, 5.41) is 18.5. The molecule has 4 N–H and O–H groups in total. The van der Waals surface area contributed by atoms with Crippen LogP contribution in [0.25, 0.3) is 0 Å². The first-order chi connectivity index (χ1) is 22.2. The number of allylic oxidation sites excluding steroid dienone is 1. The van der Waals surface area contributed by atoms with Crippen LogP contribution in [0.4, 0.5) is 9.59 Å². The van der Waals surface area contributed by atoms with Gasteiger partial charge in [0.2, 0.25) is 11.8 Å². The zero-order valence-electron chi connectivity index (χ0n) is 25.9. The van der Waals surface area contributed by atoms with Gasteiger partial charge in [0.05, 0.1) is 19.2 Å². The summed E-state index contributed by atoms with van der Waals surface area (Å²) in [6, 6.07) is 5.27. The second-order valence-electron chi connectivity index (χ2n) is 13.1. The van der Waals surface area contributed by atoms with Crippen molar-refractivity contribution in [3.63, 3.8) is 0 Å². The highest BCUT2D eigenvalue weighted by atomic mass is 16.6. The lowest BCUT2D eigenvalue weighted by Crippen LogP contribution is -2.57. The molecule has 0 bridgehead atoms. The van der Waals surface area contributed by atoms with Crippen LogP contribution in [0.15, 0.2) is 36.4 Å². The van der Waals surface area contributed by atoms with Gasteiger partial charge in [-0.2, -0.15) is 0 Å². The number of rotatable bonds is 4. The second kappa shape index (κ2) is 13.7. The Hall–Kier alpha value is -4.13. The molecule has 3 fully saturated rings. The molecule has 0 radical (unpaired) electrons. The van der Waals surface area contributed by atoms with Gasteiger partial charge in [-0.1, -0.05) is 49.3 Å². The van der Waals surface area contributed by atoms with Crippen molar-refractivity contribution in [3.05, 3.63) is 47.5 Å². The number of nitrogens with zero attached hydrogens (tertiary/aromatic N) is 2. The number of benzene rings is 1. The van der Waals surface area contributed by atoms with Crippen molar-refractivity contribution in [3.8, 4) is 0 Å². The molecule has 5 amide bonds. The Morgan fingerprint density at radius 3 is 2.67 bits per heavy atom. The van der Waals surface area contributed by atoms with E-state index in [0.717, 1.165) is 24.8 Å². The van der Waals surface area contributed by atoms with Gasteiger partial charge in [0.25, 0.3) is 0 Å². The van der Waals surface area contributed by atoms with Gasteiger partial charge in [-0.05, 0) is 49.7 Å². The van der Waals surface area contributed by atoms with Crippen molar-refractivity contribution in [2.24, 2.45) is 5.92 Å². The van der Waals surface area contributed by atoms with Crippen molar-refractivity contribution in [1.82, 2.24) is 25.8 Å². The number of hydrogen-bond donors (Lipinski definition) is 4. The number of carbonyl (C=O) groups is 5. The maximum absolute atomic E-state index is 14.2. The van der Waals surface area contributed by atoms with Crippen LogP contribution in [0.5, 0.6) is 0 Å². The first kappa shape index (κ1) is 31.8. The third-order valence-corrected chi connectivity index (χ3v) is 9.85. The SMILES string of the molecule is O=C(NC1CCOC1)NC1CCCCC/C=C\[C@@H]2C[C@@]2(C(=O)O)NC(=O)[C@@H]2C[C@@H](OC(=O)N3CCc4ccccc4C3)CN2C1=O. The van der Waals surface area contributed by atoms with Gasteiger partial charge in [-0.3, -0.25) is 9.59 Å². The van der Waals surface area contributed by atoms with Crippen molar-refractivity contribution in [2.45, 2.75) is 94.1 Å². The third-order valence-electron chi connectivity index (χ3n) is 9.85. The molecule has 6 rings (SSSR count). The lowest BCUT2D eigenvalue weighted by Gasteiger charge is -2.30. The first-order valence-corrected chi connectivity index (χ1v) is 16.4. The van der Waals surface area contributed by atoms with Crippen molar-refractivity contribution >= 4 is 29.9 Å². The molecular weight excluding hydrogens is 594 g/mol. The minimum Gasteiger partial charge on any atom is -0.479 e. The largest absolute Gasteiger partial charge is 0.479 e. The summed E-state index contributed by atoms with van der Waals surface area (Å²) in [6.45, 7) is 1.79. The highest BCUT2D eigenvalue weighted by Gasteiger charge is 2.61. The lowest BCUT2D eigenvalue weighted by molar-refractivity contribution is -0.145. The number of carbonyl (C=O) groups excluding carboxylic acids is 4. The molecule has 2 saturated heterocycles. The second-order valence-corrected chi connectivity index (χ2v) is 13.1. The highest BCUT2D eigenvalue weighted by molar-refractivity contribution is 5.96. The fraction of sp³-hybridized carbons (Fsp3) is 0.606. The Morgan fingerprint density at radius 1 is 1.07 bits per heavy atom. The van der Waals surface area contributed by atoms with Gasteiger partial charge >= 0.3 is 18.1 Å². The number of nitrogens with one attached hydrogen (secondary N) is 3. The molecule has 1 aliphatic carbocycles. The van der Waals surface area contributed by atoms with Crippen LogP contribution in [-0.4, -0.2) is 101 Å². The zero-order valence-corrected chi connectivity index (χ0v) is 25.9. The zero-order chi connectivity index (χ0) is 32.3. The summed E-state index contributed by atoms with van der Waals surface area (Å²) in [5.74, 6) is -2.56. The van der Waals surface area contributed by atoms with Crippen LogP contribution in [0, 0.1) is 5.92 Å². The number of amides is 5. The molecule has 13 nitrogen and oxygen atoms in total. The molecular formula is C33H43N5O8. The number of carboxylic acid groups (broad SMARTS) is 1. The maximum Gasteiger partial charge on any atom is 0.410 e. The molecule has 1 aromatic carbocycles. The Morgan fingerprint density at radius 2 is 1.89 bits per heavy atom. The molecule has 248 valence electrons. The number of aliphatic carboxylic acids is 1. The van der Waals surface area contributed by atoms with E-state index in [-0.39, 0.29) is 31.3 Å². The van der Waals surface area contributed by atoms with Gasteiger partial charge in [0, 0.05) is 32.0 Å². The molecule has 5 aliphatic rings. The first-order valence-electron chi connectivity index (χ1n) is 16.4. The predicted molar refractivity (Wildman–Crippen MR) is 164 cm³/mol. The summed E-state index contributed by atoms with van der Waals surface area (Å²) >= 11 is 0. The van der Waals surface area contributed by atoms with Gasteiger partial charge in [-0.25, -0.2) is 14.4 Å². The van der Waals surface area contributed by atoms with E-state index in [1.54, 1.807) is 4.90 Å². The van der Waals surface area contributed by atoms with Gasteiger partial charge < -0.3 is 40.3 Å².